The van der Waals surface area contributed by atoms with Crippen molar-refractivity contribution in [1.29, 1.82) is 0 Å². The molecule has 0 radical (unpaired) electrons. The summed E-state index contributed by atoms with van der Waals surface area (Å²) in [6.07, 6.45) is -2.56. The average molecular weight is 330 g/mol. The molecule has 2 rings (SSSR count). The van der Waals surface area contributed by atoms with Gasteiger partial charge >= 0.3 is 6.18 Å². The van der Waals surface area contributed by atoms with Gasteiger partial charge in [0, 0.05) is 17.3 Å². The van der Waals surface area contributed by atoms with Crippen LogP contribution in [0.4, 0.5) is 18.9 Å². The minimum absolute atomic E-state index is 0.206. The zero-order valence-corrected chi connectivity index (χ0v) is 12.5. The molecule has 0 atom stereocenters. The van der Waals surface area contributed by atoms with Gasteiger partial charge in [-0.15, -0.1) is 0 Å². The molecule has 5 nitrogen and oxygen atoms in total. The summed E-state index contributed by atoms with van der Waals surface area (Å²) >= 11 is 0. The van der Waals surface area contributed by atoms with Gasteiger partial charge in [-0.2, -0.15) is 13.2 Å². The van der Waals surface area contributed by atoms with Crippen molar-refractivity contribution in [2.75, 3.05) is 18.5 Å². The molecule has 1 aromatic carbocycles. The zero-order valence-electron chi connectivity index (χ0n) is 12.5. The van der Waals surface area contributed by atoms with Gasteiger partial charge in [-0.1, -0.05) is 6.07 Å². The van der Waals surface area contributed by atoms with E-state index in [0.29, 0.717) is 16.8 Å². The third-order valence-electron chi connectivity index (χ3n) is 3.19. The van der Waals surface area contributed by atoms with E-state index in [9.17, 15) is 22.8 Å². The number of nitrogens with one attached hydrogen (secondary N) is 2. The van der Waals surface area contributed by atoms with Crippen molar-refractivity contribution in [1.82, 2.24) is 5.32 Å². The molecule has 8 heteroatoms. The Morgan fingerprint density at radius 2 is 2.00 bits per heavy atom. The lowest BCUT2D eigenvalue weighted by Gasteiger charge is -2.12. The maximum absolute atomic E-state index is 12.0. The minimum Gasteiger partial charge on any atom is -0.362 e. The van der Waals surface area contributed by atoms with Gasteiger partial charge in [-0.25, -0.2) is 0 Å². The highest BCUT2D eigenvalue weighted by Crippen LogP contribution is 2.21. The van der Waals surface area contributed by atoms with E-state index < -0.39 is 25.3 Å². The van der Waals surface area contributed by atoms with Crippen LogP contribution < -0.4 is 10.6 Å². The van der Waals surface area contributed by atoms with Crippen LogP contribution >= 0.6 is 0 Å². The highest BCUT2D eigenvalue weighted by molar-refractivity contribution is 5.98. The van der Waals surface area contributed by atoms with E-state index in [-0.39, 0.29) is 11.9 Å². The summed E-state index contributed by atoms with van der Waals surface area (Å²) < 4.78 is 40.1. The van der Waals surface area contributed by atoms with E-state index in [1.54, 1.807) is 19.1 Å². The molecule has 1 aromatic rings. The molecular weight excluding hydrogens is 313 g/mol. The molecule has 1 fully saturated rings. The number of ether oxygens (including phenoxy) is 1. The molecule has 23 heavy (non-hydrogen) atoms. The van der Waals surface area contributed by atoms with Crippen LogP contribution in [0.2, 0.25) is 0 Å². The Bertz CT molecular complexity index is 598. The fraction of sp³-hybridized carbons (Fsp3) is 0.467. The van der Waals surface area contributed by atoms with Gasteiger partial charge in [0.25, 0.3) is 5.91 Å². The Kier molecular flexibility index (Phi) is 5.25. The molecule has 0 saturated heterocycles. The van der Waals surface area contributed by atoms with E-state index in [1.165, 1.54) is 6.07 Å². The second kappa shape index (κ2) is 6.99. The van der Waals surface area contributed by atoms with E-state index in [4.69, 9.17) is 0 Å². The first-order chi connectivity index (χ1) is 10.7. The van der Waals surface area contributed by atoms with Crippen molar-refractivity contribution < 1.29 is 27.5 Å². The Morgan fingerprint density at radius 3 is 2.61 bits per heavy atom. The van der Waals surface area contributed by atoms with Crippen molar-refractivity contribution in [3.8, 4) is 0 Å². The van der Waals surface area contributed by atoms with Crippen LogP contribution in [0, 0.1) is 6.92 Å². The predicted octanol–water partition coefficient (Wildman–Crippen LogP) is 2.40. The lowest BCUT2D eigenvalue weighted by atomic mass is 10.1. The minimum atomic E-state index is -4.48. The van der Waals surface area contributed by atoms with Crippen LogP contribution in [0.5, 0.6) is 0 Å². The number of hydrogen-bond donors (Lipinski definition) is 2. The van der Waals surface area contributed by atoms with E-state index in [1.807, 2.05) is 0 Å². The molecule has 0 heterocycles. The van der Waals surface area contributed by atoms with Gasteiger partial charge in [-0.05, 0) is 37.5 Å². The molecule has 0 aromatic heterocycles. The molecule has 2 amide bonds. The highest BCUT2D eigenvalue weighted by Gasteiger charge is 2.28. The van der Waals surface area contributed by atoms with Crippen LogP contribution in [0.1, 0.15) is 28.8 Å². The highest BCUT2D eigenvalue weighted by atomic mass is 19.4. The lowest BCUT2D eigenvalue weighted by molar-refractivity contribution is -0.174. The van der Waals surface area contributed by atoms with Crippen LogP contribution in [0.3, 0.4) is 0 Å². The summed E-state index contributed by atoms with van der Waals surface area (Å²) in [5, 5.41) is 5.27. The van der Waals surface area contributed by atoms with Crippen LogP contribution in [-0.4, -0.2) is 37.2 Å². The van der Waals surface area contributed by atoms with Crippen LogP contribution in [-0.2, 0) is 9.53 Å². The van der Waals surface area contributed by atoms with Crippen molar-refractivity contribution in [2.45, 2.75) is 32.0 Å². The van der Waals surface area contributed by atoms with Crippen molar-refractivity contribution in [3.63, 3.8) is 0 Å². The molecule has 0 spiro atoms. The molecule has 126 valence electrons. The number of carbonyl (C=O) groups is 2. The smallest absolute Gasteiger partial charge is 0.362 e. The normalized spacial score (nSPS) is 14.4. The molecule has 1 aliphatic carbocycles. The van der Waals surface area contributed by atoms with Crippen molar-refractivity contribution in [2.24, 2.45) is 0 Å². The third-order valence-corrected chi connectivity index (χ3v) is 3.19. The lowest BCUT2D eigenvalue weighted by Crippen LogP contribution is -2.26. The van der Waals surface area contributed by atoms with Crippen molar-refractivity contribution >= 4 is 17.5 Å². The fourth-order valence-corrected chi connectivity index (χ4v) is 1.84. The number of aryl methyl sites for hydroxylation is 1. The third kappa shape index (κ3) is 5.90. The molecule has 0 bridgehead atoms. The quantitative estimate of drug-likeness (QED) is 0.842. The molecule has 2 N–H and O–H groups in total. The first-order valence-corrected chi connectivity index (χ1v) is 7.10. The number of benzene rings is 1. The van der Waals surface area contributed by atoms with Crippen molar-refractivity contribution in [3.05, 3.63) is 29.3 Å². The number of halogens is 3. The molecular formula is C15H17F3N2O3. The number of anilines is 1. The van der Waals surface area contributed by atoms with E-state index >= 15 is 0 Å². The van der Waals surface area contributed by atoms with Gasteiger partial charge < -0.3 is 15.4 Å². The van der Waals surface area contributed by atoms with Gasteiger partial charge in [-0.3, -0.25) is 9.59 Å². The Labute approximate surface area is 131 Å². The fourth-order valence-electron chi connectivity index (χ4n) is 1.84. The number of alkyl halides is 3. The van der Waals surface area contributed by atoms with Gasteiger partial charge in [0.05, 0.1) is 0 Å². The van der Waals surface area contributed by atoms with Gasteiger partial charge in [0.2, 0.25) is 5.91 Å². The second-order valence-corrected chi connectivity index (χ2v) is 5.43. The Hall–Kier alpha value is -2.09. The number of rotatable bonds is 6. The summed E-state index contributed by atoms with van der Waals surface area (Å²) in [5.41, 5.74) is 1.44. The summed E-state index contributed by atoms with van der Waals surface area (Å²) in [6, 6.07) is 4.99. The average Bonchev–Trinajstić information content (AvgIpc) is 3.23. The second-order valence-electron chi connectivity index (χ2n) is 5.43. The van der Waals surface area contributed by atoms with E-state index in [0.717, 1.165) is 12.8 Å². The molecule has 1 saturated carbocycles. The Morgan fingerprint density at radius 1 is 1.30 bits per heavy atom. The van der Waals surface area contributed by atoms with E-state index in [2.05, 4.69) is 15.4 Å². The maximum Gasteiger partial charge on any atom is 0.411 e. The predicted molar refractivity (Wildman–Crippen MR) is 77.2 cm³/mol. The molecule has 0 unspecified atom stereocenters. The Balaban J connectivity index is 1.92. The number of carbonyl (C=O) groups excluding carboxylic acids is 2. The van der Waals surface area contributed by atoms with Gasteiger partial charge in [0.1, 0.15) is 13.2 Å². The first-order valence-electron chi connectivity index (χ1n) is 7.10. The monoisotopic (exact) mass is 330 g/mol. The van der Waals surface area contributed by atoms with Crippen LogP contribution in [0.25, 0.3) is 0 Å². The largest absolute Gasteiger partial charge is 0.411 e. The number of hydrogen-bond acceptors (Lipinski definition) is 3. The SMILES string of the molecule is Cc1ccc(C(=O)NC2CC2)cc1NC(=O)COCC(F)(F)F. The maximum atomic E-state index is 12.0. The zero-order chi connectivity index (χ0) is 17.0. The van der Waals surface area contributed by atoms with Gasteiger partial charge in [0.15, 0.2) is 0 Å². The van der Waals surface area contributed by atoms with Crippen LogP contribution in [0.15, 0.2) is 18.2 Å². The number of amides is 2. The first kappa shape index (κ1) is 17.3. The summed E-state index contributed by atoms with van der Waals surface area (Å²) in [4.78, 5) is 23.6. The standard InChI is InChI=1S/C15H17F3N2O3/c1-9-2-3-10(14(22)19-11-4-5-11)6-12(9)20-13(21)7-23-8-15(16,17)18/h2-3,6,11H,4-5,7-8H2,1H3,(H,19,22)(H,20,21). The topological polar surface area (TPSA) is 67.4 Å². The summed E-state index contributed by atoms with van der Waals surface area (Å²) in [6.45, 7) is -0.477. The summed E-state index contributed by atoms with van der Waals surface area (Å²) in [5.74, 6) is -0.951. The summed E-state index contributed by atoms with van der Waals surface area (Å²) in [7, 11) is 0. The molecule has 0 aliphatic heterocycles. The molecule has 1 aliphatic rings.